The predicted octanol–water partition coefficient (Wildman–Crippen LogP) is 5.19. The van der Waals surface area contributed by atoms with E-state index in [0.717, 1.165) is 79.2 Å². The summed E-state index contributed by atoms with van der Waals surface area (Å²) in [7, 11) is 1.07. The molecule has 0 aromatic heterocycles. The number of unbranched alkanes of at least 4 members (excludes halogenated alkanes) is 18. The van der Waals surface area contributed by atoms with Crippen LogP contribution in [0.3, 0.4) is 0 Å². The molecule has 1 radical (unpaired) electrons. The van der Waals surface area contributed by atoms with Crippen molar-refractivity contribution in [3.8, 4) is 0 Å². The van der Waals surface area contributed by atoms with Crippen LogP contribution in [0.5, 0.6) is 0 Å². The fraction of sp³-hybridized carbons (Fsp3) is 0.943. The molecule has 0 bridgehead atoms. The number of ether oxygens (including phenoxy) is 1. The van der Waals surface area contributed by atoms with Crippen molar-refractivity contribution in [1.29, 1.82) is 0 Å². The summed E-state index contributed by atoms with van der Waals surface area (Å²) < 4.78 is 5.35. The van der Waals surface area contributed by atoms with Crippen LogP contribution in [0, 0.1) is 0 Å². The maximum absolute atomic E-state index is 11.9. The number of hydrogen-bond acceptors (Lipinski definition) is 9. The molecule has 271 valence electrons. The summed E-state index contributed by atoms with van der Waals surface area (Å²) in [5, 5.41) is 28.0. The zero-order valence-electron chi connectivity index (χ0n) is 29.9. The second-order valence-corrected chi connectivity index (χ2v) is 12.6. The molecule has 0 aliphatic rings. The summed E-state index contributed by atoms with van der Waals surface area (Å²) in [6, 6.07) is 0. The van der Waals surface area contributed by atoms with Crippen LogP contribution in [-0.4, -0.2) is 103 Å². The first-order valence-electron chi connectivity index (χ1n) is 19.2. The van der Waals surface area contributed by atoms with Crippen molar-refractivity contribution in [3.63, 3.8) is 0 Å². The molecular weight excluding hydrogens is 579 g/mol. The minimum atomic E-state index is -0.940. The molecular formula is C35H74BN6O4. The molecule has 46 heavy (non-hydrogen) atoms. The van der Waals surface area contributed by atoms with E-state index in [-0.39, 0.29) is 5.97 Å². The molecule has 0 saturated heterocycles. The normalized spacial score (nSPS) is 11.2. The van der Waals surface area contributed by atoms with Gasteiger partial charge >= 0.3 is 13.4 Å². The molecule has 10 nitrogen and oxygen atoms in total. The SMILES string of the molecule is CCCCCCCCCCCCNCCNCCNCC(=O)OCCCCCCCCCCCCNCCNCCN[B]C(=O)O. The van der Waals surface area contributed by atoms with Gasteiger partial charge in [0, 0.05) is 45.8 Å². The van der Waals surface area contributed by atoms with Crippen molar-refractivity contribution < 1.29 is 19.4 Å². The van der Waals surface area contributed by atoms with Gasteiger partial charge in [-0.1, -0.05) is 116 Å². The highest BCUT2D eigenvalue weighted by molar-refractivity contribution is 6.69. The van der Waals surface area contributed by atoms with Crippen molar-refractivity contribution in [1.82, 2.24) is 31.8 Å². The molecule has 0 aromatic rings. The number of hydrogen-bond donors (Lipinski definition) is 7. The van der Waals surface area contributed by atoms with Gasteiger partial charge in [0.15, 0.2) is 0 Å². The maximum Gasteiger partial charge on any atom is 0.354 e. The number of carbonyl (C=O) groups excluding carboxylic acids is 1. The summed E-state index contributed by atoms with van der Waals surface area (Å²) in [6.45, 7) is 12.1. The number of nitrogens with one attached hydrogen (secondary N) is 6. The molecule has 0 fully saturated rings. The molecule has 0 heterocycles. The molecule has 0 amide bonds. The van der Waals surface area contributed by atoms with Gasteiger partial charge in [-0.15, -0.1) is 0 Å². The highest BCUT2D eigenvalue weighted by Gasteiger charge is 2.02. The topological polar surface area (TPSA) is 136 Å². The second kappa shape index (κ2) is 39.9. The molecule has 11 heteroatoms. The zero-order chi connectivity index (χ0) is 33.4. The van der Waals surface area contributed by atoms with Crippen LogP contribution in [0.25, 0.3) is 0 Å². The molecule has 0 saturated carbocycles. The Morgan fingerprint density at radius 2 is 0.848 bits per heavy atom. The monoisotopic (exact) mass is 654 g/mol. The average Bonchev–Trinajstić information content (AvgIpc) is 3.04. The van der Waals surface area contributed by atoms with Gasteiger partial charge < -0.3 is 41.7 Å². The molecule has 0 aromatic carbocycles. The van der Waals surface area contributed by atoms with E-state index in [4.69, 9.17) is 9.84 Å². The standard InChI is InChI=1S/C35H74BN6O4/c1-2-3-4-5-6-7-10-13-16-19-22-37-24-26-39-28-29-41-33-34(43)46-32-21-18-15-12-9-8-11-14-17-20-23-38-25-27-40-30-31-42-36-35(44)45/h37-42H,2-33H2,1H3,(H,44,45). The average molecular weight is 654 g/mol. The van der Waals surface area contributed by atoms with E-state index in [9.17, 15) is 9.59 Å². The Balaban J connectivity index is 3.15. The van der Waals surface area contributed by atoms with E-state index in [1.807, 2.05) is 0 Å². The minimum Gasteiger partial charge on any atom is -0.488 e. The quantitative estimate of drug-likeness (QED) is 0.0269. The van der Waals surface area contributed by atoms with Crippen LogP contribution >= 0.6 is 0 Å². The third-order valence-electron chi connectivity index (χ3n) is 8.09. The number of rotatable bonds is 40. The fourth-order valence-electron chi connectivity index (χ4n) is 5.28. The number of carbonyl (C=O) groups is 2. The highest BCUT2D eigenvalue weighted by atomic mass is 16.5. The maximum atomic E-state index is 11.9. The highest BCUT2D eigenvalue weighted by Crippen LogP contribution is 2.11. The van der Waals surface area contributed by atoms with Gasteiger partial charge in [-0.25, -0.2) is 0 Å². The Hall–Kier alpha value is -1.24. The van der Waals surface area contributed by atoms with Crippen molar-refractivity contribution in [3.05, 3.63) is 0 Å². The summed E-state index contributed by atoms with van der Waals surface area (Å²) in [6.07, 6.45) is 26.1. The lowest BCUT2D eigenvalue weighted by molar-refractivity contribution is -0.142. The van der Waals surface area contributed by atoms with Crippen LogP contribution in [0.4, 0.5) is 4.79 Å². The molecule has 0 atom stereocenters. The van der Waals surface area contributed by atoms with Gasteiger partial charge in [-0.05, 0) is 38.9 Å². The van der Waals surface area contributed by atoms with E-state index in [2.05, 4.69) is 38.7 Å². The second-order valence-electron chi connectivity index (χ2n) is 12.6. The van der Waals surface area contributed by atoms with Gasteiger partial charge in [0.2, 0.25) is 0 Å². The van der Waals surface area contributed by atoms with Gasteiger partial charge in [0.1, 0.15) is 0 Å². The first-order chi connectivity index (χ1) is 22.7. The summed E-state index contributed by atoms with van der Waals surface area (Å²) in [5.41, 5.74) is 0. The first-order valence-corrected chi connectivity index (χ1v) is 19.2. The van der Waals surface area contributed by atoms with E-state index >= 15 is 0 Å². The van der Waals surface area contributed by atoms with Crippen molar-refractivity contribution in [2.75, 3.05) is 78.6 Å². The summed E-state index contributed by atoms with van der Waals surface area (Å²) in [4.78, 5) is 22.2. The van der Waals surface area contributed by atoms with Gasteiger partial charge in [-0.2, -0.15) is 0 Å². The molecule has 0 rings (SSSR count). The van der Waals surface area contributed by atoms with Crippen LogP contribution in [0.15, 0.2) is 0 Å². The lowest BCUT2D eigenvalue weighted by atomic mass is 9.96. The van der Waals surface area contributed by atoms with E-state index in [0.29, 0.717) is 19.7 Å². The summed E-state index contributed by atoms with van der Waals surface area (Å²) >= 11 is 0. The third kappa shape index (κ3) is 40.8. The summed E-state index contributed by atoms with van der Waals surface area (Å²) in [5.74, 6) is -1.09. The lowest BCUT2D eigenvalue weighted by Gasteiger charge is -2.08. The van der Waals surface area contributed by atoms with Gasteiger partial charge in [0.25, 0.3) is 5.87 Å². The van der Waals surface area contributed by atoms with E-state index in [1.165, 1.54) is 116 Å². The molecule has 7 N–H and O–H groups in total. The zero-order valence-corrected chi connectivity index (χ0v) is 29.9. The molecule has 0 spiro atoms. The molecule has 0 unspecified atom stereocenters. The Morgan fingerprint density at radius 1 is 0.478 bits per heavy atom. The van der Waals surface area contributed by atoms with E-state index in [1.54, 1.807) is 0 Å². The van der Waals surface area contributed by atoms with E-state index < -0.39 is 5.87 Å². The van der Waals surface area contributed by atoms with Crippen LogP contribution < -0.4 is 31.8 Å². The Bertz CT molecular complexity index is 636. The minimum absolute atomic E-state index is 0.147. The third-order valence-corrected chi connectivity index (χ3v) is 8.09. The largest absolute Gasteiger partial charge is 0.488 e. The Morgan fingerprint density at radius 3 is 1.30 bits per heavy atom. The fourth-order valence-corrected chi connectivity index (χ4v) is 5.28. The molecule has 0 aliphatic carbocycles. The number of esters is 1. The molecule has 0 aliphatic heterocycles. The van der Waals surface area contributed by atoms with Gasteiger partial charge in [0.05, 0.1) is 13.2 Å². The van der Waals surface area contributed by atoms with Crippen LogP contribution in [-0.2, 0) is 9.53 Å². The van der Waals surface area contributed by atoms with Crippen molar-refractivity contribution in [2.24, 2.45) is 0 Å². The lowest BCUT2D eigenvalue weighted by Crippen LogP contribution is -2.35. The van der Waals surface area contributed by atoms with Gasteiger partial charge in [-0.3, -0.25) is 9.59 Å². The first kappa shape index (κ1) is 44.8. The van der Waals surface area contributed by atoms with Crippen molar-refractivity contribution in [2.45, 2.75) is 135 Å². The Labute approximate surface area is 284 Å². The van der Waals surface area contributed by atoms with Crippen molar-refractivity contribution >= 4 is 19.3 Å². The Kier molecular flexibility index (Phi) is 38.9. The smallest absolute Gasteiger partial charge is 0.354 e. The van der Waals surface area contributed by atoms with Crippen LogP contribution in [0.1, 0.15) is 135 Å². The number of carboxylic acid groups (broad SMARTS) is 1. The van der Waals surface area contributed by atoms with Crippen LogP contribution in [0.2, 0.25) is 0 Å². The predicted molar refractivity (Wildman–Crippen MR) is 195 cm³/mol.